The quantitative estimate of drug-likeness (QED) is 0.619. The highest BCUT2D eigenvalue weighted by Crippen LogP contribution is 1.84. The van der Waals surface area contributed by atoms with Crippen LogP contribution in [0, 0.1) is 0 Å². The molecule has 0 radical (unpaired) electrons. The molecular formula is C12H26N2O4. The van der Waals surface area contributed by atoms with Gasteiger partial charge in [-0.2, -0.15) is 0 Å². The third-order valence-corrected chi connectivity index (χ3v) is 2.44. The van der Waals surface area contributed by atoms with Crippen molar-refractivity contribution in [2.45, 2.75) is 6.42 Å². The summed E-state index contributed by atoms with van der Waals surface area (Å²) in [6, 6.07) is 0. The van der Waals surface area contributed by atoms with E-state index in [1.54, 1.807) is 0 Å². The van der Waals surface area contributed by atoms with Crippen molar-refractivity contribution < 1.29 is 18.9 Å². The molecule has 0 saturated carbocycles. The molecule has 0 bridgehead atoms. The first-order valence-corrected chi connectivity index (χ1v) is 6.72. The molecule has 1 saturated heterocycles. The first-order chi connectivity index (χ1) is 9.00. The van der Waals surface area contributed by atoms with Gasteiger partial charge < -0.3 is 24.3 Å². The standard InChI is InChI=1S/C12H26N2O4/c1-2-14-12-18-11-10-17-7-4-13-3-6-16-9-8-15-5-1/h13-14H,1-12H2. The van der Waals surface area contributed by atoms with E-state index in [4.69, 9.17) is 18.9 Å². The van der Waals surface area contributed by atoms with E-state index in [9.17, 15) is 0 Å². The fraction of sp³-hybridized carbons (Fsp3) is 1.00. The zero-order chi connectivity index (χ0) is 12.7. The summed E-state index contributed by atoms with van der Waals surface area (Å²) in [6.07, 6.45) is 0.988. The summed E-state index contributed by atoms with van der Waals surface area (Å²) < 4.78 is 21.6. The molecule has 1 rings (SSSR count). The minimum Gasteiger partial charge on any atom is -0.379 e. The van der Waals surface area contributed by atoms with Crippen molar-refractivity contribution in [1.82, 2.24) is 10.6 Å². The average molecular weight is 262 g/mol. The Morgan fingerprint density at radius 2 is 1.11 bits per heavy atom. The van der Waals surface area contributed by atoms with Crippen LogP contribution in [0.3, 0.4) is 0 Å². The summed E-state index contributed by atoms with van der Waals surface area (Å²) in [6.45, 7) is 7.97. The van der Waals surface area contributed by atoms with Gasteiger partial charge in [-0.3, -0.25) is 5.32 Å². The maximum atomic E-state index is 5.43. The molecule has 0 aromatic heterocycles. The van der Waals surface area contributed by atoms with Gasteiger partial charge in [-0.1, -0.05) is 0 Å². The minimum absolute atomic E-state index is 0.574. The van der Waals surface area contributed by atoms with Crippen LogP contribution in [0.4, 0.5) is 0 Å². The predicted octanol–water partition coefficient (Wildman–Crippen LogP) is -0.407. The summed E-state index contributed by atoms with van der Waals surface area (Å²) >= 11 is 0. The Kier molecular flexibility index (Phi) is 11.6. The molecule has 0 unspecified atom stereocenters. The van der Waals surface area contributed by atoms with E-state index in [0.717, 1.165) is 32.7 Å². The third kappa shape index (κ3) is 10.9. The lowest BCUT2D eigenvalue weighted by atomic mass is 10.4. The van der Waals surface area contributed by atoms with Crippen LogP contribution >= 0.6 is 0 Å². The fourth-order valence-corrected chi connectivity index (χ4v) is 1.47. The van der Waals surface area contributed by atoms with Gasteiger partial charge in [0.15, 0.2) is 0 Å². The van der Waals surface area contributed by atoms with Crippen molar-refractivity contribution in [3.05, 3.63) is 0 Å². The van der Waals surface area contributed by atoms with Crippen molar-refractivity contribution in [2.75, 3.05) is 72.6 Å². The Morgan fingerprint density at radius 3 is 1.83 bits per heavy atom. The second kappa shape index (κ2) is 13.2. The van der Waals surface area contributed by atoms with E-state index in [0.29, 0.717) is 46.4 Å². The van der Waals surface area contributed by atoms with E-state index in [1.807, 2.05) is 0 Å². The molecule has 1 aliphatic rings. The lowest BCUT2D eigenvalue weighted by Gasteiger charge is -2.10. The molecule has 1 fully saturated rings. The molecule has 0 spiro atoms. The third-order valence-electron chi connectivity index (χ3n) is 2.44. The molecule has 6 nitrogen and oxygen atoms in total. The van der Waals surface area contributed by atoms with E-state index >= 15 is 0 Å². The summed E-state index contributed by atoms with van der Waals surface area (Å²) in [7, 11) is 0. The highest BCUT2D eigenvalue weighted by molar-refractivity contribution is 4.46. The van der Waals surface area contributed by atoms with Gasteiger partial charge in [0.05, 0.1) is 46.4 Å². The average Bonchev–Trinajstić information content (AvgIpc) is 2.39. The number of ether oxygens (including phenoxy) is 4. The summed E-state index contributed by atoms with van der Waals surface area (Å²) in [5.41, 5.74) is 0. The number of hydrogen-bond acceptors (Lipinski definition) is 6. The maximum absolute atomic E-state index is 5.43. The van der Waals surface area contributed by atoms with Crippen molar-refractivity contribution in [3.8, 4) is 0 Å². The predicted molar refractivity (Wildman–Crippen MR) is 68.8 cm³/mol. The Hall–Kier alpha value is -0.240. The van der Waals surface area contributed by atoms with Crippen LogP contribution in [0.15, 0.2) is 0 Å². The van der Waals surface area contributed by atoms with Gasteiger partial charge in [-0.15, -0.1) is 0 Å². The molecule has 2 N–H and O–H groups in total. The van der Waals surface area contributed by atoms with Crippen LogP contribution in [0.1, 0.15) is 6.42 Å². The van der Waals surface area contributed by atoms with Gasteiger partial charge >= 0.3 is 0 Å². The Morgan fingerprint density at radius 1 is 0.500 bits per heavy atom. The SMILES string of the molecule is C1CNCOCCOCCNCCOCCOC1. The fourth-order valence-electron chi connectivity index (χ4n) is 1.47. The van der Waals surface area contributed by atoms with E-state index in [-0.39, 0.29) is 0 Å². The van der Waals surface area contributed by atoms with Crippen molar-refractivity contribution in [3.63, 3.8) is 0 Å². The van der Waals surface area contributed by atoms with Crippen LogP contribution in [0.5, 0.6) is 0 Å². The smallest absolute Gasteiger partial charge is 0.0966 e. The van der Waals surface area contributed by atoms with Crippen molar-refractivity contribution >= 4 is 0 Å². The van der Waals surface area contributed by atoms with Crippen molar-refractivity contribution in [2.24, 2.45) is 0 Å². The summed E-state index contributed by atoms with van der Waals surface area (Å²) in [5.74, 6) is 0. The Labute approximate surface area is 109 Å². The molecule has 18 heavy (non-hydrogen) atoms. The van der Waals surface area contributed by atoms with Crippen LogP contribution < -0.4 is 10.6 Å². The molecule has 108 valence electrons. The highest BCUT2D eigenvalue weighted by Gasteiger charge is 1.94. The lowest BCUT2D eigenvalue weighted by Crippen LogP contribution is -2.26. The number of rotatable bonds is 0. The molecule has 0 amide bonds. The molecular weight excluding hydrogens is 236 g/mol. The molecule has 0 aromatic rings. The van der Waals surface area contributed by atoms with E-state index < -0.39 is 0 Å². The number of hydrogen-bond donors (Lipinski definition) is 2. The lowest BCUT2D eigenvalue weighted by molar-refractivity contribution is 0.0322. The van der Waals surface area contributed by atoms with Gasteiger partial charge in [-0.25, -0.2) is 0 Å². The Bertz CT molecular complexity index is 97.1. The second-order valence-electron chi connectivity index (χ2n) is 3.99. The topological polar surface area (TPSA) is 61.0 Å². The van der Waals surface area contributed by atoms with Gasteiger partial charge in [0.1, 0.15) is 0 Å². The maximum Gasteiger partial charge on any atom is 0.0966 e. The van der Waals surface area contributed by atoms with Crippen LogP contribution in [0.25, 0.3) is 0 Å². The minimum atomic E-state index is 0.574. The Balaban J connectivity index is 2.00. The van der Waals surface area contributed by atoms with E-state index in [2.05, 4.69) is 10.6 Å². The highest BCUT2D eigenvalue weighted by atomic mass is 16.5. The number of nitrogens with one attached hydrogen (secondary N) is 2. The van der Waals surface area contributed by atoms with Crippen LogP contribution in [0.2, 0.25) is 0 Å². The zero-order valence-electron chi connectivity index (χ0n) is 11.1. The van der Waals surface area contributed by atoms with Crippen LogP contribution in [-0.4, -0.2) is 72.6 Å². The van der Waals surface area contributed by atoms with Gasteiger partial charge in [0, 0.05) is 19.7 Å². The summed E-state index contributed by atoms with van der Waals surface area (Å²) in [5, 5.41) is 6.43. The zero-order valence-corrected chi connectivity index (χ0v) is 11.1. The normalized spacial score (nSPS) is 24.0. The monoisotopic (exact) mass is 262 g/mol. The molecule has 6 heteroatoms. The van der Waals surface area contributed by atoms with Gasteiger partial charge in [-0.05, 0) is 13.0 Å². The van der Waals surface area contributed by atoms with Gasteiger partial charge in [0.2, 0.25) is 0 Å². The largest absolute Gasteiger partial charge is 0.379 e. The molecule has 1 aliphatic heterocycles. The molecule has 1 heterocycles. The first-order valence-electron chi connectivity index (χ1n) is 6.72. The molecule has 0 aliphatic carbocycles. The molecule has 0 aromatic carbocycles. The summed E-state index contributed by atoms with van der Waals surface area (Å²) in [4.78, 5) is 0. The van der Waals surface area contributed by atoms with Crippen molar-refractivity contribution in [1.29, 1.82) is 0 Å². The second-order valence-corrected chi connectivity index (χ2v) is 3.99. The van der Waals surface area contributed by atoms with Crippen LogP contribution in [-0.2, 0) is 18.9 Å². The van der Waals surface area contributed by atoms with Gasteiger partial charge in [0.25, 0.3) is 0 Å². The molecule has 0 atom stereocenters. The van der Waals surface area contributed by atoms with E-state index in [1.165, 1.54) is 0 Å². The first kappa shape index (κ1) is 15.8.